The van der Waals surface area contributed by atoms with Crippen LogP contribution in [0.2, 0.25) is 5.02 Å². The molecule has 0 atom stereocenters. The largest absolute Gasteiger partial charge is 0.398 e. The van der Waals surface area contributed by atoms with Gasteiger partial charge in [0.15, 0.2) is 5.84 Å². The molecule has 1 heterocycles. The fourth-order valence-corrected chi connectivity index (χ4v) is 1.22. The molecule has 0 aromatic heterocycles. The molecule has 0 radical (unpaired) electrons. The molecule has 1 aromatic rings. The number of amidine groups is 1. The smallest absolute Gasteiger partial charge is 0.290 e. The molecule has 0 aliphatic carbocycles. The molecule has 1 aliphatic heterocycles. The average molecular weight is 208 g/mol. The molecule has 0 saturated heterocycles. The van der Waals surface area contributed by atoms with E-state index in [9.17, 15) is 4.79 Å². The minimum Gasteiger partial charge on any atom is -0.398 e. The quantitative estimate of drug-likeness (QED) is 0.705. The van der Waals surface area contributed by atoms with Gasteiger partial charge in [-0.15, -0.1) is 0 Å². The summed E-state index contributed by atoms with van der Waals surface area (Å²) in [5.74, 6) is 0.0203. The number of carbonyl (C=O) groups excluding carboxylic acids is 1. The van der Waals surface area contributed by atoms with Gasteiger partial charge in [0.25, 0.3) is 5.91 Å². The maximum atomic E-state index is 10.8. The molecule has 1 aromatic carbocycles. The van der Waals surface area contributed by atoms with Crippen molar-refractivity contribution in [2.45, 2.75) is 0 Å². The lowest BCUT2D eigenvalue weighted by atomic mass is 10.2. The number of nitrogen functional groups attached to an aromatic ring is 1. The van der Waals surface area contributed by atoms with Gasteiger partial charge >= 0.3 is 0 Å². The van der Waals surface area contributed by atoms with Gasteiger partial charge in [-0.25, -0.2) is 4.99 Å². The number of anilines is 1. The zero-order valence-corrected chi connectivity index (χ0v) is 7.82. The minimum absolute atomic E-state index is 0.353. The summed E-state index contributed by atoms with van der Waals surface area (Å²) < 4.78 is 0. The number of halogens is 1. The van der Waals surface area contributed by atoms with Crippen LogP contribution in [0.1, 0.15) is 5.56 Å². The highest BCUT2D eigenvalue weighted by Crippen LogP contribution is 2.20. The molecule has 2 N–H and O–H groups in total. The van der Waals surface area contributed by atoms with E-state index in [0.717, 1.165) is 0 Å². The Balaban J connectivity index is 2.44. The molecular weight excluding hydrogens is 202 g/mol. The van der Waals surface area contributed by atoms with Gasteiger partial charge in [-0.05, 0) is 18.2 Å². The van der Waals surface area contributed by atoms with E-state index in [4.69, 9.17) is 17.3 Å². The third-order valence-electron chi connectivity index (χ3n) is 1.77. The number of hydrogen-bond donors (Lipinski definition) is 1. The summed E-state index contributed by atoms with van der Waals surface area (Å²) in [4.78, 5) is 18.3. The van der Waals surface area contributed by atoms with Gasteiger partial charge in [0.1, 0.15) is 0 Å². The van der Waals surface area contributed by atoms with E-state index in [1.54, 1.807) is 18.2 Å². The van der Waals surface area contributed by atoms with Crippen LogP contribution in [-0.2, 0) is 4.79 Å². The van der Waals surface area contributed by atoms with Crippen molar-refractivity contribution in [2.24, 2.45) is 9.98 Å². The van der Waals surface area contributed by atoms with Crippen molar-refractivity contribution in [3.8, 4) is 0 Å². The number of amides is 1. The van der Waals surface area contributed by atoms with Crippen molar-refractivity contribution in [1.29, 1.82) is 0 Å². The summed E-state index contributed by atoms with van der Waals surface area (Å²) in [6.07, 6.45) is 1.17. The van der Waals surface area contributed by atoms with Gasteiger partial charge in [-0.3, -0.25) is 4.79 Å². The van der Waals surface area contributed by atoms with Crippen molar-refractivity contribution >= 4 is 35.2 Å². The van der Waals surface area contributed by atoms with E-state index < -0.39 is 0 Å². The Kier molecular flexibility index (Phi) is 2.05. The molecule has 2 rings (SSSR count). The summed E-state index contributed by atoms with van der Waals surface area (Å²) in [6.45, 7) is 0. The molecule has 0 spiro atoms. The normalized spacial score (nSPS) is 14.6. The Morgan fingerprint density at radius 2 is 2.14 bits per heavy atom. The van der Waals surface area contributed by atoms with E-state index in [1.165, 1.54) is 6.21 Å². The highest BCUT2D eigenvalue weighted by molar-refractivity contribution is 6.37. The summed E-state index contributed by atoms with van der Waals surface area (Å²) in [5, 5.41) is 0.475. The Labute approximate surface area is 85.1 Å². The molecule has 70 valence electrons. The summed E-state index contributed by atoms with van der Waals surface area (Å²) in [6, 6.07) is 5.00. The molecular formula is C9H6ClN3O. The van der Waals surface area contributed by atoms with Gasteiger partial charge < -0.3 is 5.73 Å². The van der Waals surface area contributed by atoms with Crippen molar-refractivity contribution in [2.75, 3.05) is 5.73 Å². The van der Waals surface area contributed by atoms with E-state index in [1.807, 2.05) is 0 Å². The van der Waals surface area contributed by atoms with Crippen LogP contribution >= 0.6 is 11.6 Å². The Morgan fingerprint density at radius 1 is 1.36 bits per heavy atom. The lowest BCUT2D eigenvalue weighted by Gasteiger charge is -2.00. The van der Waals surface area contributed by atoms with Crippen molar-refractivity contribution in [1.82, 2.24) is 0 Å². The van der Waals surface area contributed by atoms with Crippen LogP contribution in [0.25, 0.3) is 0 Å². The van der Waals surface area contributed by atoms with Crippen LogP contribution in [0.5, 0.6) is 0 Å². The van der Waals surface area contributed by atoms with Crippen LogP contribution in [0.3, 0.4) is 0 Å². The first-order valence-corrected chi connectivity index (χ1v) is 4.27. The first kappa shape index (κ1) is 8.90. The minimum atomic E-state index is -0.353. The molecule has 0 bridgehead atoms. The summed E-state index contributed by atoms with van der Waals surface area (Å²) in [5.41, 5.74) is 6.73. The van der Waals surface area contributed by atoms with Crippen molar-refractivity contribution < 1.29 is 4.79 Å². The Hall–Kier alpha value is -1.68. The number of carbonyl (C=O) groups is 1. The fourth-order valence-electron chi connectivity index (χ4n) is 1.10. The maximum Gasteiger partial charge on any atom is 0.290 e. The third-order valence-corrected chi connectivity index (χ3v) is 2.11. The van der Waals surface area contributed by atoms with Gasteiger partial charge in [-0.1, -0.05) is 11.6 Å². The molecule has 5 heteroatoms. The number of benzene rings is 1. The Morgan fingerprint density at radius 3 is 2.71 bits per heavy atom. The van der Waals surface area contributed by atoms with E-state index in [-0.39, 0.29) is 5.91 Å². The van der Waals surface area contributed by atoms with Crippen LogP contribution in [0.4, 0.5) is 5.69 Å². The summed E-state index contributed by atoms with van der Waals surface area (Å²) in [7, 11) is 0. The van der Waals surface area contributed by atoms with Crippen LogP contribution < -0.4 is 5.73 Å². The van der Waals surface area contributed by atoms with Gasteiger partial charge in [0.2, 0.25) is 0 Å². The fraction of sp³-hybridized carbons (Fsp3) is 0. The number of nitrogens with zero attached hydrogens (tertiary/aromatic N) is 2. The predicted octanol–water partition coefficient (Wildman–Crippen LogP) is 1.28. The predicted molar refractivity (Wildman–Crippen MR) is 55.9 cm³/mol. The van der Waals surface area contributed by atoms with Crippen LogP contribution in [-0.4, -0.2) is 18.0 Å². The highest BCUT2D eigenvalue weighted by Gasteiger charge is 2.11. The number of hydrogen-bond acceptors (Lipinski definition) is 3. The highest BCUT2D eigenvalue weighted by atomic mass is 35.5. The topological polar surface area (TPSA) is 67.8 Å². The van der Waals surface area contributed by atoms with E-state index in [2.05, 4.69) is 9.98 Å². The second-order valence-corrected chi connectivity index (χ2v) is 3.18. The Bertz CT molecular complexity index is 465. The molecule has 1 amide bonds. The van der Waals surface area contributed by atoms with Gasteiger partial charge in [0.05, 0.1) is 16.9 Å². The van der Waals surface area contributed by atoms with E-state index in [0.29, 0.717) is 22.1 Å². The second-order valence-electron chi connectivity index (χ2n) is 2.77. The molecule has 0 saturated carbocycles. The first-order chi connectivity index (χ1) is 6.66. The first-order valence-electron chi connectivity index (χ1n) is 3.89. The third kappa shape index (κ3) is 1.52. The zero-order chi connectivity index (χ0) is 10.1. The SMILES string of the molecule is Nc1cc(C2=NC(=O)C=N2)ccc1Cl. The number of aliphatic imine (C=N–C) groups is 2. The molecule has 14 heavy (non-hydrogen) atoms. The number of nitrogens with two attached hydrogens (primary N) is 1. The monoisotopic (exact) mass is 207 g/mol. The lowest BCUT2D eigenvalue weighted by molar-refractivity contribution is -0.111. The molecule has 0 fully saturated rings. The average Bonchev–Trinajstić information content (AvgIpc) is 2.57. The zero-order valence-electron chi connectivity index (χ0n) is 7.07. The molecule has 0 unspecified atom stereocenters. The van der Waals surface area contributed by atoms with Gasteiger partial charge in [-0.2, -0.15) is 4.99 Å². The van der Waals surface area contributed by atoms with Crippen LogP contribution in [0.15, 0.2) is 28.2 Å². The second kappa shape index (κ2) is 3.23. The van der Waals surface area contributed by atoms with Crippen molar-refractivity contribution in [3.05, 3.63) is 28.8 Å². The lowest BCUT2D eigenvalue weighted by Crippen LogP contribution is -1.96. The standard InChI is InChI=1S/C9H6ClN3O/c10-6-2-1-5(3-7(6)11)9-12-4-8(14)13-9/h1-4H,11H2. The van der Waals surface area contributed by atoms with Crippen molar-refractivity contribution in [3.63, 3.8) is 0 Å². The maximum absolute atomic E-state index is 10.8. The summed E-state index contributed by atoms with van der Waals surface area (Å²) >= 11 is 5.75. The van der Waals surface area contributed by atoms with E-state index >= 15 is 0 Å². The molecule has 1 aliphatic rings. The van der Waals surface area contributed by atoms with Crippen LogP contribution in [0, 0.1) is 0 Å². The molecule has 4 nitrogen and oxygen atoms in total. The number of rotatable bonds is 1. The van der Waals surface area contributed by atoms with Gasteiger partial charge in [0, 0.05) is 5.56 Å².